The van der Waals surface area contributed by atoms with E-state index >= 15 is 0 Å². The van der Waals surface area contributed by atoms with Crippen LogP contribution in [0.5, 0.6) is 0 Å². The third kappa shape index (κ3) is 2.59. The van der Waals surface area contributed by atoms with Gasteiger partial charge >= 0.3 is 0 Å². The Morgan fingerprint density at radius 1 is 1.67 bits per heavy atom. The lowest BCUT2D eigenvalue weighted by atomic mass is 10.2. The monoisotopic (exact) mass is 192 g/mol. The van der Waals surface area contributed by atoms with E-state index in [0.717, 1.165) is 32.5 Å². The molecule has 0 amide bonds. The van der Waals surface area contributed by atoms with Gasteiger partial charge < -0.3 is 5.11 Å². The van der Waals surface area contributed by atoms with E-state index < -0.39 is 6.23 Å². The molecule has 1 aliphatic rings. The van der Waals surface area contributed by atoms with Crippen LogP contribution in [-0.4, -0.2) is 41.4 Å². The highest BCUT2D eigenvalue weighted by atomic mass is 35.5. The van der Waals surface area contributed by atoms with Crippen molar-refractivity contribution in [1.29, 1.82) is 0 Å². The normalized spacial score (nSPS) is 32.2. The summed E-state index contributed by atoms with van der Waals surface area (Å²) < 4.78 is 0. The van der Waals surface area contributed by atoms with Crippen molar-refractivity contribution in [2.75, 3.05) is 19.6 Å². The molecular formula is C8H17ClN2O. The molecule has 4 heteroatoms. The zero-order valence-corrected chi connectivity index (χ0v) is 8.22. The minimum Gasteiger partial charge on any atom is -0.375 e. The van der Waals surface area contributed by atoms with Crippen molar-refractivity contribution in [3.05, 3.63) is 0 Å². The first kappa shape index (κ1) is 10.3. The number of rotatable bonds is 3. The van der Waals surface area contributed by atoms with Crippen molar-refractivity contribution < 1.29 is 5.11 Å². The first-order valence-corrected chi connectivity index (χ1v) is 4.99. The molecule has 3 nitrogen and oxygen atoms in total. The number of piperazine rings is 1. The summed E-state index contributed by atoms with van der Waals surface area (Å²) in [5.41, 5.74) is -0.310. The van der Waals surface area contributed by atoms with Gasteiger partial charge in [-0.05, 0) is 6.42 Å². The first-order valence-electron chi connectivity index (χ1n) is 4.55. The Hall–Kier alpha value is 0.170. The van der Waals surface area contributed by atoms with Gasteiger partial charge in [0.2, 0.25) is 0 Å². The van der Waals surface area contributed by atoms with Crippen molar-refractivity contribution in [1.82, 2.24) is 10.2 Å². The molecular weight excluding hydrogens is 176 g/mol. The highest BCUT2D eigenvalue weighted by Crippen LogP contribution is 2.10. The molecule has 72 valence electrons. The number of aliphatic hydroxyl groups is 1. The number of hydrogen-bond donors (Lipinski definition) is 2. The molecule has 1 saturated heterocycles. The lowest BCUT2D eigenvalue weighted by Gasteiger charge is -2.35. The largest absolute Gasteiger partial charge is 0.375 e. The van der Waals surface area contributed by atoms with Crippen molar-refractivity contribution >= 4 is 11.6 Å². The van der Waals surface area contributed by atoms with E-state index in [-0.39, 0.29) is 5.50 Å². The Labute approximate surface area is 78.7 Å². The number of aliphatic hydroxyl groups excluding tert-OH is 1. The number of nitrogens with one attached hydrogen (secondary N) is 1. The molecule has 0 aromatic heterocycles. The Morgan fingerprint density at radius 2 is 2.42 bits per heavy atom. The predicted molar refractivity (Wildman–Crippen MR) is 50.1 cm³/mol. The van der Waals surface area contributed by atoms with Gasteiger partial charge in [0.05, 0.1) is 0 Å². The third-order valence-electron chi connectivity index (χ3n) is 2.17. The number of hydrogen-bond acceptors (Lipinski definition) is 3. The predicted octanol–water partition coefficient (Wildman–Crippen LogP) is 0.575. The first-order chi connectivity index (χ1) is 5.75. The Bertz CT molecular complexity index is 134. The van der Waals surface area contributed by atoms with Crippen LogP contribution in [0.3, 0.4) is 0 Å². The Morgan fingerprint density at radius 3 is 3.08 bits per heavy atom. The van der Waals surface area contributed by atoms with Crippen LogP contribution >= 0.6 is 11.6 Å². The van der Waals surface area contributed by atoms with Gasteiger partial charge in [0.15, 0.2) is 0 Å². The molecule has 0 aromatic rings. The smallest absolute Gasteiger partial charge is 0.137 e. The summed E-state index contributed by atoms with van der Waals surface area (Å²) in [6.45, 7) is 4.86. The summed E-state index contributed by atoms with van der Waals surface area (Å²) in [7, 11) is 0. The van der Waals surface area contributed by atoms with Crippen LogP contribution < -0.4 is 5.32 Å². The summed E-state index contributed by atoms with van der Waals surface area (Å²) in [5, 5.41) is 12.6. The van der Waals surface area contributed by atoms with Crippen molar-refractivity contribution in [3.63, 3.8) is 0 Å². The summed E-state index contributed by atoms with van der Waals surface area (Å²) in [6, 6.07) is 0. The van der Waals surface area contributed by atoms with E-state index in [1.165, 1.54) is 0 Å². The summed E-state index contributed by atoms with van der Waals surface area (Å²) >= 11 is 5.84. The summed E-state index contributed by atoms with van der Waals surface area (Å²) in [6.07, 6.45) is 1.76. The summed E-state index contributed by atoms with van der Waals surface area (Å²) in [5.74, 6) is 0. The Kier molecular flexibility index (Phi) is 4.29. The molecule has 0 bridgehead atoms. The maximum Gasteiger partial charge on any atom is 0.137 e. The van der Waals surface area contributed by atoms with Gasteiger partial charge in [0, 0.05) is 19.6 Å². The maximum atomic E-state index is 9.60. The molecule has 2 N–H and O–H groups in total. The third-order valence-corrected chi connectivity index (χ3v) is 2.55. The van der Waals surface area contributed by atoms with Crippen LogP contribution in [0.15, 0.2) is 0 Å². The molecule has 0 aromatic carbocycles. The van der Waals surface area contributed by atoms with Gasteiger partial charge in [-0.3, -0.25) is 10.2 Å². The lowest BCUT2D eigenvalue weighted by molar-refractivity contribution is -0.0243. The molecule has 1 heterocycles. The molecule has 2 unspecified atom stereocenters. The molecule has 0 saturated carbocycles. The van der Waals surface area contributed by atoms with Crippen molar-refractivity contribution in [2.24, 2.45) is 0 Å². The highest BCUT2D eigenvalue weighted by Gasteiger charge is 2.26. The number of nitrogens with zero attached hydrogens (tertiary/aromatic N) is 1. The second-order valence-electron chi connectivity index (χ2n) is 3.16. The average Bonchev–Trinajstić information content (AvgIpc) is 2.08. The topological polar surface area (TPSA) is 35.5 Å². The Balaban J connectivity index is 2.30. The second kappa shape index (κ2) is 5.02. The van der Waals surface area contributed by atoms with E-state index in [0.29, 0.717) is 0 Å². The zero-order valence-electron chi connectivity index (χ0n) is 7.46. The highest BCUT2D eigenvalue weighted by molar-refractivity contribution is 6.20. The lowest BCUT2D eigenvalue weighted by Crippen LogP contribution is -2.55. The van der Waals surface area contributed by atoms with Gasteiger partial charge in [-0.1, -0.05) is 13.3 Å². The van der Waals surface area contributed by atoms with E-state index in [4.69, 9.17) is 11.6 Å². The van der Waals surface area contributed by atoms with Gasteiger partial charge in [0.1, 0.15) is 11.7 Å². The molecule has 1 rings (SSSR count). The molecule has 1 aliphatic heterocycles. The molecule has 2 atom stereocenters. The van der Waals surface area contributed by atoms with Crippen LogP contribution in [0.2, 0.25) is 0 Å². The second-order valence-corrected chi connectivity index (χ2v) is 3.63. The van der Waals surface area contributed by atoms with E-state index in [1.807, 2.05) is 4.90 Å². The minimum atomic E-state index is -0.521. The van der Waals surface area contributed by atoms with E-state index in [2.05, 4.69) is 12.2 Å². The van der Waals surface area contributed by atoms with Gasteiger partial charge in [0.25, 0.3) is 0 Å². The average molecular weight is 193 g/mol. The molecule has 0 aliphatic carbocycles. The zero-order chi connectivity index (χ0) is 8.97. The molecule has 12 heavy (non-hydrogen) atoms. The number of halogens is 1. The minimum absolute atomic E-state index is 0.310. The number of alkyl halides is 1. The quantitative estimate of drug-likeness (QED) is 0.507. The van der Waals surface area contributed by atoms with Crippen LogP contribution in [0.1, 0.15) is 19.8 Å². The fraction of sp³-hybridized carbons (Fsp3) is 1.00. The van der Waals surface area contributed by atoms with Crippen LogP contribution in [-0.2, 0) is 0 Å². The fourth-order valence-corrected chi connectivity index (χ4v) is 1.64. The van der Waals surface area contributed by atoms with Crippen LogP contribution in [0.4, 0.5) is 0 Å². The van der Waals surface area contributed by atoms with Gasteiger partial charge in [-0.25, -0.2) is 0 Å². The SMILES string of the molecule is CCCCN1CCNC(Cl)C1O. The van der Waals surface area contributed by atoms with Crippen molar-refractivity contribution in [3.8, 4) is 0 Å². The molecule has 0 radical (unpaired) electrons. The van der Waals surface area contributed by atoms with Crippen LogP contribution in [0.25, 0.3) is 0 Å². The number of unbranched alkanes of at least 4 members (excludes halogenated alkanes) is 1. The van der Waals surface area contributed by atoms with Crippen molar-refractivity contribution in [2.45, 2.75) is 31.5 Å². The van der Waals surface area contributed by atoms with E-state index in [9.17, 15) is 5.11 Å². The summed E-state index contributed by atoms with van der Waals surface area (Å²) in [4.78, 5) is 2.03. The van der Waals surface area contributed by atoms with Gasteiger partial charge in [-0.2, -0.15) is 0 Å². The molecule has 0 spiro atoms. The van der Waals surface area contributed by atoms with Crippen LogP contribution in [0, 0.1) is 0 Å². The maximum absolute atomic E-state index is 9.60. The fourth-order valence-electron chi connectivity index (χ4n) is 1.37. The van der Waals surface area contributed by atoms with E-state index in [1.54, 1.807) is 0 Å². The standard InChI is InChI=1S/C8H17ClN2O/c1-2-3-5-11-6-4-10-7(9)8(11)12/h7-8,10,12H,2-6H2,1H3. The van der Waals surface area contributed by atoms with Gasteiger partial charge in [-0.15, -0.1) is 11.6 Å². The molecule has 1 fully saturated rings.